The van der Waals surface area contributed by atoms with E-state index in [1.165, 1.54) is 0 Å². The second kappa shape index (κ2) is 3.55. The summed E-state index contributed by atoms with van der Waals surface area (Å²) in [6.45, 7) is 3.71. The van der Waals surface area contributed by atoms with E-state index in [4.69, 9.17) is 4.42 Å². The van der Waals surface area contributed by atoms with Gasteiger partial charge in [-0.1, -0.05) is 0 Å². The van der Waals surface area contributed by atoms with E-state index in [0.29, 0.717) is 0 Å². The molecular formula is C11H12N3O. The SMILES string of the molecule is c1cc2occc2c(N2CC[N]CC2)n1. The molecule has 0 unspecified atom stereocenters. The largest absolute Gasteiger partial charge is 0.464 e. The number of nitrogens with zero attached hydrogens (tertiary/aromatic N) is 3. The topological polar surface area (TPSA) is 43.4 Å². The van der Waals surface area contributed by atoms with Crippen molar-refractivity contribution in [3.63, 3.8) is 0 Å². The third kappa shape index (κ3) is 1.47. The Kier molecular flexibility index (Phi) is 2.07. The Morgan fingerprint density at radius 1 is 1.20 bits per heavy atom. The minimum absolute atomic E-state index is 0.899. The number of anilines is 1. The number of pyridine rings is 1. The molecule has 2 aromatic heterocycles. The van der Waals surface area contributed by atoms with E-state index in [9.17, 15) is 0 Å². The average Bonchev–Trinajstić information content (AvgIpc) is 2.78. The Morgan fingerprint density at radius 2 is 2.07 bits per heavy atom. The highest BCUT2D eigenvalue weighted by molar-refractivity contribution is 5.88. The summed E-state index contributed by atoms with van der Waals surface area (Å²) in [4.78, 5) is 6.70. The molecule has 3 heterocycles. The normalized spacial score (nSPS) is 17.2. The first kappa shape index (κ1) is 8.73. The summed E-state index contributed by atoms with van der Waals surface area (Å²) in [7, 11) is 0. The van der Waals surface area contributed by atoms with E-state index < -0.39 is 0 Å². The van der Waals surface area contributed by atoms with Crippen LogP contribution in [-0.4, -0.2) is 31.2 Å². The molecule has 4 nitrogen and oxygen atoms in total. The lowest BCUT2D eigenvalue weighted by molar-refractivity contribution is 0.576. The van der Waals surface area contributed by atoms with Crippen LogP contribution in [0.3, 0.4) is 0 Å². The fourth-order valence-electron chi connectivity index (χ4n) is 1.95. The van der Waals surface area contributed by atoms with Crippen LogP contribution in [-0.2, 0) is 0 Å². The van der Waals surface area contributed by atoms with E-state index in [0.717, 1.165) is 43.0 Å². The van der Waals surface area contributed by atoms with Crippen LogP contribution in [0.2, 0.25) is 0 Å². The first-order chi connectivity index (χ1) is 7.45. The van der Waals surface area contributed by atoms with Crippen molar-refractivity contribution < 1.29 is 4.42 Å². The molecular weight excluding hydrogens is 190 g/mol. The van der Waals surface area contributed by atoms with Crippen molar-refractivity contribution in [2.24, 2.45) is 0 Å². The van der Waals surface area contributed by atoms with Gasteiger partial charge in [0, 0.05) is 32.4 Å². The zero-order valence-corrected chi connectivity index (χ0v) is 8.39. The molecule has 0 aromatic carbocycles. The minimum Gasteiger partial charge on any atom is -0.464 e. The van der Waals surface area contributed by atoms with E-state index in [1.54, 1.807) is 12.5 Å². The van der Waals surface area contributed by atoms with Gasteiger partial charge in [0.1, 0.15) is 11.4 Å². The van der Waals surface area contributed by atoms with Gasteiger partial charge in [-0.3, -0.25) is 0 Å². The monoisotopic (exact) mass is 202 g/mol. The molecule has 1 radical (unpaired) electrons. The average molecular weight is 202 g/mol. The highest BCUT2D eigenvalue weighted by atomic mass is 16.3. The van der Waals surface area contributed by atoms with Crippen molar-refractivity contribution in [3.8, 4) is 0 Å². The van der Waals surface area contributed by atoms with Crippen LogP contribution in [0.15, 0.2) is 29.0 Å². The Morgan fingerprint density at radius 3 is 2.93 bits per heavy atom. The summed E-state index contributed by atoms with van der Waals surface area (Å²) in [6, 6.07) is 3.87. The van der Waals surface area contributed by atoms with Crippen LogP contribution >= 0.6 is 0 Å². The summed E-state index contributed by atoms with van der Waals surface area (Å²) < 4.78 is 5.36. The zero-order valence-electron chi connectivity index (χ0n) is 8.39. The molecule has 1 saturated heterocycles. The van der Waals surface area contributed by atoms with Crippen LogP contribution in [0.1, 0.15) is 0 Å². The molecule has 15 heavy (non-hydrogen) atoms. The number of fused-ring (bicyclic) bond motifs is 1. The number of rotatable bonds is 1. The van der Waals surface area contributed by atoms with Crippen LogP contribution in [0.4, 0.5) is 5.82 Å². The molecule has 0 N–H and O–H groups in total. The highest BCUT2D eigenvalue weighted by Gasteiger charge is 2.15. The molecule has 1 fully saturated rings. The maximum atomic E-state index is 5.36. The summed E-state index contributed by atoms with van der Waals surface area (Å²) in [6.07, 6.45) is 3.51. The number of hydrogen-bond donors (Lipinski definition) is 0. The number of aromatic nitrogens is 1. The van der Waals surface area contributed by atoms with Gasteiger partial charge in [-0.2, -0.15) is 0 Å². The second-order valence-corrected chi connectivity index (χ2v) is 3.62. The van der Waals surface area contributed by atoms with Gasteiger partial charge in [0.25, 0.3) is 0 Å². The predicted molar refractivity (Wildman–Crippen MR) is 58.1 cm³/mol. The molecule has 2 aromatic rings. The third-order valence-electron chi connectivity index (χ3n) is 2.71. The molecule has 3 rings (SSSR count). The zero-order chi connectivity index (χ0) is 10.1. The molecule has 0 amide bonds. The Bertz CT molecular complexity index is 460. The lowest BCUT2D eigenvalue weighted by atomic mass is 10.2. The number of piperazine rings is 1. The van der Waals surface area contributed by atoms with Crippen molar-refractivity contribution in [1.82, 2.24) is 10.3 Å². The van der Waals surface area contributed by atoms with Crippen LogP contribution in [0.5, 0.6) is 0 Å². The van der Waals surface area contributed by atoms with Gasteiger partial charge in [-0.25, -0.2) is 10.3 Å². The summed E-state index contributed by atoms with van der Waals surface area (Å²) in [5.41, 5.74) is 0.905. The van der Waals surface area contributed by atoms with Gasteiger partial charge in [0.15, 0.2) is 0 Å². The maximum absolute atomic E-state index is 5.36. The summed E-state index contributed by atoms with van der Waals surface area (Å²) >= 11 is 0. The van der Waals surface area contributed by atoms with Crippen LogP contribution in [0.25, 0.3) is 11.0 Å². The smallest absolute Gasteiger partial charge is 0.139 e. The van der Waals surface area contributed by atoms with Gasteiger partial charge < -0.3 is 9.32 Å². The van der Waals surface area contributed by atoms with Crippen molar-refractivity contribution in [2.75, 3.05) is 31.1 Å². The third-order valence-corrected chi connectivity index (χ3v) is 2.71. The molecule has 0 saturated carbocycles. The lowest BCUT2D eigenvalue weighted by Gasteiger charge is -2.27. The summed E-state index contributed by atoms with van der Waals surface area (Å²) in [5.74, 6) is 1.02. The highest BCUT2D eigenvalue weighted by Crippen LogP contribution is 2.25. The Balaban J connectivity index is 2.05. The lowest BCUT2D eigenvalue weighted by Crippen LogP contribution is -2.40. The van der Waals surface area contributed by atoms with Crippen LogP contribution < -0.4 is 10.2 Å². The first-order valence-electron chi connectivity index (χ1n) is 5.15. The molecule has 77 valence electrons. The van der Waals surface area contributed by atoms with E-state index >= 15 is 0 Å². The molecule has 0 spiro atoms. The van der Waals surface area contributed by atoms with Gasteiger partial charge in [-0.05, 0) is 12.1 Å². The molecule has 0 aliphatic carbocycles. The van der Waals surface area contributed by atoms with E-state index in [-0.39, 0.29) is 0 Å². The van der Waals surface area contributed by atoms with Gasteiger partial charge in [-0.15, -0.1) is 0 Å². The van der Waals surface area contributed by atoms with Crippen molar-refractivity contribution in [1.29, 1.82) is 0 Å². The molecule has 0 atom stereocenters. The second-order valence-electron chi connectivity index (χ2n) is 3.62. The molecule has 0 bridgehead atoms. The maximum Gasteiger partial charge on any atom is 0.139 e. The van der Waals surface area contributed by atoms with Gasteiger partial charge in [0.05, 0.1) is 11.6 Å². The van der Waals surface area contributed by atoms with E-state index in [1.807, 2.05) is 12.1 Å². The quantitative estimate of drug-likeness (QED) is 0.699. The van der Waals surface area contributed by atoms with Crippen molar-refractivity contribution >= 4 is 16.8 Å². The van der Waals surface area contributed by atoms with Gasteiger partial charge in [0.2, 0.25) is 0 Å². The Labute approximate surface area is 87.9 Å². The fraction of sp³-hybridized carbons (Fsp3) is 0.364. The minimum atomic E-state index is 0.899. The first-order valence-corrected chi connectivity index (χ1v) is 5.15. The predicted octanol–water partition coefficient (Wildman–Crippen LogP) is 1.25. The molecule has 1 aliphatic rings. The van der Waals surface area contributed by atoms with Gasteiger partial charge >= 0.3 is 0 Å². The van der Waals surface area contributed by atoms with Crippen molar-refractivity contribution in [3.05, 3.63) is 24.6 Å². The number of furan rings is 1. The van der Waals surface area contributed by atoms with Crippen LogP contribution in [0, 0.1) is 0 Å². The molecule has 1 aliphatic heterocycles. The fourth-order valence-corrected chi connectivity index (χ4v) is 1.95. The molecule has 4 heteroatoms. The summed E-state index contributed by atoms with van der Waals surface area (Å²) in [5, 5.41) is 5.42. The Hall–Kier alpha value is -1.55. The van der Waals surface area contributed by atoms with E-state index in [2.05, 4.69) is 15.2 Å². The van der Waals surface area contributed by atoms with Crippen molar-refractivity contribution in [2.45, 2.75) is 0 Å². The standard InChI is InChI=1S/C11H12N3O/c1-3-13-11(9-2-8-15-10(1)9)14-6-4-12-5-7-14/h1-3,8H,4-7H2. The number of hydrogen-bond acceptors (Lipinski definition) is 3.